The van der Waals surface area contributed by atoms with Gasteiger partial charge in [-0.3, -0.25) is 18.7 Å². The number of carbonyl (C=O) groups excluding carboxylic acids is 3. The largest absolute Gasteiger partial charge is 1.00 e. The van der Waals surface area contributed by atoms with E-state index in [2.05, 4.69) is 4.52 Å². The Labute approximate surface area is 390 Å². The second-order valence-corrected chi connectivity index (χ2v) is 18.2. The average molecular weight is 939 g/mol. The van der Waals surface area contributed by atoms with Crippen LogP contribution in [0.15, 0.2) is 12.2 Å². The molecule has 7 atom stereocenters. The molecule has 2 rings (SSSR count). The molecule has 5 N–H and O–H groups in total. The van der Waals surface area contributed by atoms with Crippen LogP contribution in [0.3, 0.4) is 0 Å². The summed E-state index contributed by atoms with van der Waals surface area (Å²) < 4.78 is 87.7. The Kier molecular flexibility index (Phi) is 31.8. The van der Waals surface area contributed by atoms with Gasteiger partial charge in [-0.05, 0) is 38.5 Å². The van der Waals surface area contributed by atoms with Crippen molar-refractivity contribution >= 4 is 36.0 Å². The van der Waals surface area contributed by atoms with Crippen LogP contribution in [-0.2, 0) is 66.7 Å². The quantitative estimate of drug-likeness (QED) is 0.0131. The molecule has 62 heavy (non-hydrogen) atoms. The Hall–Kier alpha value is -1.07. The third-order valence-electron chi connectivity index (χ3n) is 10.2. The summed E-state index contributed by atoms with van der Waals surface area (Å²) in [5.41, 5.74) is 5.24. The normalized spacial score (nSPS) is 21.8. The molecule has 0 aliphatic carbocycles. The van der Waals surface area contributed by atoms with E-state index in [1.165, 1.54) is 52.0 Å². The first-order chi connectivity index (χ1) is 29.1. The van der Waals surface area contributed by atoms with Gasteiger partial charge in [0.05, 0.1) is 38.6 Å². The first kappa shape index (κ1) is 58.9. The summed E-state index contributed by atoms with van der Waals surface area (Å²) >= 11 is 0. The number of hydrogen-bond acceptors (Lipinski definition) is 17. The number of rotatable bonds is 37. The van der Waals surface area contributed by atoms with Gasteiger partial charge < -0.3 is 53.2 Å². The molecule has 2 fully saturated rings. The minimum atomic E-state index is -4.68. The maximum atomic E-state index is 12.4. The van der Waals surface area contributed by atoms with E-state index in [9.17, 15) is 32.3 Å². The minimum absolute atomic E-state index is 0. The van der Waals surface area contributed by atoms with Gasteiger partial charge in [-0.1, -0.05) is 83.1 Å². The molecule has 0 aromatic rings. The molecule has 0 amide bonds. The van der Waals surface area contributed by atoms with Crippen molar-refractivity contribution in [2.45, 2.75) is 179 Å². The van der Waals surface area contributed by atoms with Gasteiger partial charge in [0.25, 0.3) is 7.82 Å². The third kappa shape index (κ3) is 28.1. The van der Waals surface area contributed by atoms with E-state index in [0.29, 0.717) is 25.9 Å². The molecular formula is C40H72N2NaO17PS. The van der Waals surface area contributed by atoms with E-state index in [0.717, 1.165) is 77.0 Å². The van der Waals surface area contributed by atoms with Gasteiger partial charge in [-0.2, -0.15) is 13.1 Å². The maximum Gasteiger partial charge on any atom is 1.00 e. The van der Waals surface area contributed by atoms with Gasteiger partial charge in [0.1, 0.15) is 18.8 Å². The molecule has 0 spiro atoms. The van der Waals surface area contributed by atoms with Crippen LogP contribution in [0.4, 0.5) is 0 Å². The van der Waals surface area contributed by atoms with Crippen LogP contribution in [0.2, 0.25) is 0 Å². The van der Waals surface area contributed by atoms with E-state index in [4.69, 9.17) is 48.3 Å². The summed E-state index contributed by atoms with van der Waals surface area (Å²) in [7, 11) is -9.05. The number of esters is 3. The van der Waals surface area contributed by atoms with Crippen LogP contribution in [0, 0.1) is 0 Å². The predicted molar refractivity (Wildman–Crippen MR) is 221 cm³/mol. The molecule has 0 aromatic carbocycles. The number of nitrogens with two attached hydrogens (primary N) is 1. The van der Waals surface area contributed by atoms with Crippen molar-refractivity contribution in [2.75, 3.05) is 46.2 Å². The molecule has 2 aliphatic rings. The Morgan fingerprint density at radius 1 is 0.887 bits per heavy atom. The molecular weight excluding hydrogens is 866 g/mol. The molecule has 356 valence electrons. The first-order valence-electron chi connectivity index (χ1n) is 21.8. The number of hydrogen-bond donors (Lipinski definition) is 4. The number of nitrogens with one attached hydrogen (secondary N) is 1. The molecule has 0 radical (unpaired) electrons. The Balaban J connectivity index is 0.0000192. The zero-order chi connectivity index (χ0) is 45.0. The monoisotopic (exact) mass is 938 g/mol. The summed E-state index contributed by atoms with van der Waals surface area (Å²) in [6.45, 7) is 1.30. The van der Waals surface area contributed by atoms with Crippen LogP contribution in [0.5, 0.6) is 0 Å². The van der Waals surface area contributed by atoms with E-state index in [-0.39, 0.29) is 73.6 Å². The molecule has 19 nitrogen and oxygen atoms in total. The summed E-state index contributed by atoms with van der Waals surface area (Å²) in [4.78, 5) is 47.3. The number of allylic oxidation sites excluding steroid dienone is 1. The van der Waals surface area contributed by atoms with Crippen molar-refractivity contribution < 1.29 is 109 Å². The van der Waals surface area contributed by atoms with Crippen molar-refractivity contribution in [3.05, 3.63) is 12.2 Å². The summed E-state index contributed by atoms with van der Waals surface area (Å²) in [5.74, 6) is -2.37. The smallest absolute Gasteiger partial charge is 0.756 e. The van der Waals surface area contributed by atoms with Gasteiger partial charge in [0, 0.05) is 45.9 Å². The van der Waals surface area contributed by atoms with Gasteiger partial charge in [0.15, 0.2) is 11.9 Å². The second kappa shape index (κ2) is 33.4. The fraction of sp³-hybridized carbons (Fsp3) is 0.875. The molecule has 2 saturated heterocycles. The third-order valence-corrected chi connectivity index (χ3v) is 11.8. The number of aliphatic hydroxyl groups excluding tert-OH is 1. The summed E-state index contributed by atoms with van der Waals surface area (Å²) in [6.07, 6.45) is 20.3. The van der Waals surface area contributed by atoms with Crippen molar-refractivity contribution in [3.8, 4) is 0 Å². The van der Waals surface area contributed by atoms with E-state index in [1.807, 2.05) is 4.72 Å². The standard InChI is InChI=1S/C40H73N2O17PS.Na/c1-32(44)53-30-35(31-55-60(47,48)54-27-25-41)57-38(46)21-17-13-11-12-16-20-37-39-36(56-33(2)45)22-24-40(58-37,59-39)23-18-14-9-7-5-3-4-6-8-10-15-19-26-52-29-34(28-43)42-61(49,50)51;/h17,21,34-37,39,42-43H,3-16,18-20,22-31,41H2,1-2H3,(H,47,48)(H,49,50,51);/q;+1/p-1/b21-17+;/t34?,35?,36-,37-,39+,40+;/m1./s1. The zero-order valence-electron chi connectivity index (χ0n) is 37.1. The fourth-order valence-electron chi connectivity index (χ4n) is 7.26. The van der Waals surface area contributed by atoms with Crippen LogP contribution in [0.1, 0.15) is 142 Å². The molecule has 3 unspecified atom stereocenters. The number of phosphoric ester groups is 1. The molecule has 2 aliphatic heterocycles. The SMILES string of the molecule is CC(=O)OCC(COP(=O)([O-])OCCN)OC(=O)/C=C/CCCCC[C@H]1O[C@]2(CCCCCCCCCCCCCCOCC(CO)NS(=O)(=O)O)CC[C@@H](OC(C)=O)[C@@H]1O2.[Na+]. The van der Waals surface area contributed by atoms with Crippen molar-refractivity contribution in [3.63, 3.8) is 0 Å². The Morgan fingerprint density at radius 2 is 1.52 bits per heavy atom. The average Bonchev–Trinajstić information content (AvgIpc) is 3.49. The molecule has 22 heteroatoms. The number of ether oxygens (including phenoxy) is 6. The fourth-order valence-corrected chi connectivity index (χ4v) is 8.57. The van der Waals surface area contributed by atoms with Gasteiger partial charge in [0.2, 0.25) is 0 Å². The summed E-state index contributed by atoms with van der Waals surface area (Å²) in [5, 5.41) is 9.15. The number of phosphoric acid groups is 1. The predicted octanol–water partition coefficient (Wildman–Crippen LogP) is 1.48. The number of aliphatic hydroxyl groups is 1. The van der Waals surface area contributed by atoms with E-state index < -0.39 is 67.8 Å². The van der Waals surface area contributed by atoms with Gasteiger partial charge in [-0.25, -0.2) is 4.79 Å². The minimum Gasteiger partial charge on any atom is -0.756 e. The van der Waals surface area contributed by atoms with Crippen LogP contribution >= 0.6 is 7.82 Å². The van der Waals surface area contributed by atoms with Crippen molar-refractivity contribution in [1.82, 2.24) is 4.72 Å². The van der Waals surface area contributed by atoms with E-state index in [1.54, 1.807) is 6.08 Å². The number of fused-ring (bicyclic) bond motifs is 2. The topological polar surface area (TPSA) is 278 Å². The maximum absolute atomic E-state index is 12.4. The van der Waals surface area contributed by atoms with Crippen LogP contribution < -0.4 is 44.9 Å². The van der Waals surface area contributed by atoms with Crippen LogP contribution in [-0.4, -0.2) is 118 Å². The summed E-state index contributed by atoms with van der Waals surface area (Å²) in [6, 6.07) is -0.858. The Morgan fingerprint density at radius 3 is 2.11 bits per heavy atom. The molecule has 2 bridgehead atoms. The zero-order valence-corrected chi connectivity index (χ0v) is 40.8. The number of unbranched alkanes of at least 4 members (excludes halogenated alkanes) is 14. The first-order valence-corrected chi connectivity index (χ1v) is 24.7. The van der Waals surface area contributed by atoms with Gasteiger partial charge in [-0.15, -0.1) is 0 Å². The second-order valence-electron chi connectivity index (χ2n) is 15.6. The molecule has 0 aromatic heterocycles. The van der Waals surface area contributed by atoms with Crippen molar-refractivity contribution in [1.29, 1.82) is 0 Å². The van der Waals surface area contributed by atoms with Gasteiger partial charge >= 0.3 is 57.8 Å². The van der Waals surface area contributed by atoms with Crippen LogP contribution in [0.25, 0.3) is 0 Å². The van der Waals surface area contributed by atoms with Crippen molar-refractivity contribution in [2.24, 2.45) is 5.73 Å². The van der Waals surface area contributed by atoms with E-state index >= 15 is 0 Å². The molecule has 0 saturated carbocycles. The molecule has 2 heterocycles. The Bertz CT molecular complexity index is 1450. The number of carbonyl (C=O) groups is 3.